The number of nitrogens with zero attached hydrogens (tertiary/aromatic N) is 1. The predicted molar refractivity (Wildman–Crippen MR) is 57.6 cm³/mol. The molecule has 0 atom stereocenters. The number of hydrogen-bond acceptors (Lipinski definition) is 3. The zero-order valence-electron chi connectivity index (χ0n) is 9.66. The van der Waals surface area contributed by atoms with E-state index in [1.54, 1.807) is 7.11 Å². The highest BCUT2D eigenvalue weighted by atomic mass is 16.5. The van der Waals surface area contributed by atoms with E-state index in [-0.39, 0.29) is 0 Å². The largest absolute Gasteiger partial charge is 0.383 e. The Morgan fingerprint density at radius 1 is 1.29 bits per heavy atom. The van der Waals surface area contributed by atoms with Crippen LogP contribution in [0.5, 0.6) is 0 Å². The second kappa shape index (κ2) is 6.38. The Bertz CT molecular complexity index is 146. The van der Waals surface area contributed by atoms with Gasteiger partial charge in [-0.25, -0.2) is 0 Å². The van der Waals surface area contributed by atoms with Crippen LogP contribution in [0.2, 0.25) is 0 Å². The van der Waals surface area contributed by atoms with Crippen molar-refractivity contribution < 1.29 is 9.47 Å². The molecule has 0 aliphatic heterocycles. The lowest BCUT2D eigenvalue weighted by atomic mass is 9.88. The molecule has 0 spiro atoms. The smallest absolute Gasteiger partial charge is 0.0604 e. The van der Waals surface area contributed by atoms with Crippen LogP contribution in [0.1, 0.15) is 26.7 Å². The van der Waals surface area contributed by atoms with E-state index in [1.807, 2.05) is 0 Å². The SMILES string of the molecule is CCOC1CC(N(CC)CCOC)C1. The molecule has 1 fully saturated rings. The molecule has 14 heavy (non-hydrogen) atoms. The van der Waals surface area contributed by atoms with Gasteiger partial charge < -0.3 is 9.47 Å². The first kappa shape index (κ1) is 12.0. The van der Waals surface area contributed by atoms with Gasteiger partial charge >= 0.3 is 0 Å². The van der Waals surface area contributed by atoms with Gasteiger partial charge in [0.05, 0.1) is 12.7 Å². The number of ether oxygens (including phenoxy) is 2. The van der Waals surface area contributed by atoms with Crippen molar-refractivity contribution >= 4 is 0 Å². The monoisotopic (exact) mass is 201 g/mol. The van der Waals surface area contributed by atoms with Gasteiger partial charge in [0.15, 0.2) is 0 Å². The van der Waals surface area contributed by atoms with E-state index < -0.39 is 0 Å². The zero-order chi connectivity index (χ0) is 10.4. The maximum atomic E-state index is 5.55. The minimum absolute atomic E-state index is 0.515. The fourth-order valence-electron chi connectivity index (χ4n) is 2.02. The van der Waals surface area contributed by atoms with Gasteiger partial charge in [0.1, 0.15) is 0 Å². The quantitative estimate of drug-likeness (QED) is 0.623. The molecule has 0 saturated heterocycles. The Balaban J connectivity index is 2.14. The van der Waals surface area contributed by atoms with Crippen molar-refractivity contribution in [3.8, 4) is 0 Å². The minimum atomic E-state index is 0.515. The van der Waals surface area contributed by atoms with Crippen LogP contribution in [0, 0.1) is 0 Å². The summed E-state index contributed by atoms with van der Waals surface area (Å²) in [5.74, 6) is 0. The molecule has 0 bridgehead atoms. The van der Waals surface area contributed by atoms with E-state index in [0.717, 1.165) is 32.3 Å². The topological polar surface area (TPSA) is 21.7 Å². The third kappa shape index (κ3) is 3.23. The second-order valence-electron chi connectivity index (χ2n) is 3.82. The molecule has 0 aromatic heterocycles. The molecule has 3 heteroatoms. The van der Waals surface area contributed by atoms with E-state index in [9.17, 15) is 0 Å². The lowest BCUT2D eigenvalue weighted by Crippen LogP contribution is -2.49. The molecule has 0 heterocycles. The number of methoxy groups -OCH3 is 1. The van der Waals surface area contributed by atoms with E-state index in [1.165, 1.54) is 12.8 Å². The van der Waals surface area contributed by atoms with Crippen molar-refractivity contribution in [1.29, 1.82) is 0 Å². The van der Waals surface area contributed by atoms with Gasteiger partial charge in [-0.05, 0) is 26.3 Å². The van der Waals surface area contributed by atoms with Gasteiger partial charge in [-0.15, -0.1) is 0 Å². The molecule has 1 aliphatic rings. The Kier molecular flexibility index (Phi) is 5.45. The van der Waals surface area contributed by atoms with Crippen LogP contribution in [-0.4, -0.2) is 50.5 Å². The van der Waals surface area contributed by atoms with Gasteiger partial charge in [-0.3, -0.25) is 4.90 Å². The molecule has 0 unspecified atom stereocenters. The molecule has 1 rings (SSSR count). The summed E-state index contributed by atoms with van der Waals surface area (Å²) in [6, 6.07) is 0.728. The average Bonchev–Trinajstić information content (AvgIpc) is 2.14. The summed E-state index contributed by atoms with van der Waals surface area (Å²) in [6.07, 6.45) is 2.91. The lowest BCUT2D eigenvalue weighted by molar-refractivity contribution is -0.0490. The van der Waals surface area contributed by atoms with Gasteiger partial charge in [-0.1, -0.05) is 6.92 Å². The highest BCUT2D eigenvalue weighted by Gasteiger charge is 2.32. The van der Waals surface area contributed by atoms with Crippen LogP contribution >= 0.6 is 0 Å². The first-order chi connectivity index (χ1) is 6.81. The van der Waals surface area contributed by atoms with Crippen LogP contribution in [0.25, 0.3) is 0 Å². The molecule has 0 aromatic rings. The molecule has 84 valence electrons. The Labute approximate surface area is 87.4 Å². The van der Waals surface area contributed by atoms with E-state index >= 15 is 0 Å². The fraction of sp³-hybridized carbons (Fsp3) is 1.00. The molecular formula is C11H23NO2. The standard InChI is InChI=1S/C11H23NO2/c1-4-12(6-7-13-3)10-8-11(9-10)14-5-2/h10-11H,4-9H2,1-3H3. The maximum Gasteiger partial charge on any atom is 0.0604 e. The van der Waals surface area contributed by atoms with Gasteiger partial charge in [0.25, 0.3) is 0 Å². The normalized spacial score (nSPS) is 26.6. The highest BCUT2D eigenvalue weighted by Crippen LogP contribution is 2.27. The molecular weight excluding hydrogens is 178 g/mol. The summed E-state index contributed by atoms with van der Waals surface area (Å²) in [5, 5.41) is 0. The van der Waals surface area contributed by atoms with Crippen molar-refractivity contribution in [3.05, 3.63) is 0 Å². The van der Waals surface area contributed by atoms with E-state index in [0.29, 0.717) is 6.10 Å². The second-order valence-corrected chi connectivity index (χ2v) is 3.82. The predicted octanol–water partition coefficient (Wildman–Crippen LogP) is 1.52. The van der Waals surface area contributed by atoms with Gasteiger partial charge in [-0.2, -0.15) is 0 Å². The lowest BCUT2D eigenvalue weighted by Gasteiger charge is -2.42. The van der Waals surface area contributed by atoms with Crippen molar-refractivity contribution in [3.63, 3.8) is 0 Å². The molecule has 0 N–H and O–H groups in total. The van der Waals surface area contributed by atoms with Crippen LogP contribution in [0.4, 0.5) is 0 Å². The Morgan fingerprint density at radius 2 is 2.00 bits per heavy atom. The summed E-state index contributed by atoms with van der Waals surface area (Å²) in [5.41, 5.74) is 0. The van der Waals surface area contributed by atoms with Crippen molar-refractivity contribution in [2.45, 2.75) is 38.8 Å². The van der Waals surface area contributed by atoms with Crippen molar-refractivity contribution in [2.24, 2.45) is 0 Å². The van der Waals surface area contributed by atoms with Crippen LogP contribution in [-0.2, 0) is 9.47 Å². The summed E-state index contributed by atoms with van der Waals surface area (Å²) >= 11 is 0. The molecule has 1 aliphatic carbocycles. The number of hydrogen-bond donors (Lipinski definition) is 0. The minimum Gasteiger partial charge on any atom is -0.383 e. The third-order valence-electron chi connectivity index (χ3n) is 2.98. The first-order valence-corrected chi connectivity index (χ1v) is 5.66. The van der Waals surface area contributed by atoms with Crippen molar-refractivity contribution in [1.82, 2.24) is 4.90 Å². The summed E-state index contributed by atoms with van der Waals surface area (Å²) < 4.78 is 10.6. The number of likely N-dealkylation sites (N-methyl/N-ethyl adjacent to an activating group) is 1. The van der Waals surface area contributed by atoms with E-state index in [4.69, 9.17) is 9.47 Å². The van der Waals surface area contributed by atoms with E-state index in [2.05, 4.69) is 18.7 Å². The Morgan fingerprint density at radius 3 is 2.50 bits per heavy atom. The summed E-state index contributed by atoms with van der Waals surface area (Å²) in [7, 11) is 1.76. The summed E-state index contributed by atoms with van der Waals surface area (Å²) in [4.78, 5) is 2.49. The maximum absolute atomic E-state index is 5.55. The van der Waals surface area contributed by atoms with Crippen LogP contribution < -0.4 is 0 Å². The highest BCUT2D eigenvalue weighted by molar-refractivity contribution is 4.87. The molecule has 0 radical (unpaired) electrons. The summed E-state index contributed by atoms with van der Waals surface area (Å²) in [6.45, 7) is 8.13. The van der Waals surface area contributed by atoms with Gasteiger partial charge in [0.2, 0.25) is 0 Å². The fourth-order valence-corrected chi connectivity index (χ4v) is 2.02. The Hall–Kier alpha value is -0.120. The first-order valence-electron chi connectivity index (χ1n) is 5.66. The van der Waals surface area contributed by atoms with Crippen LogP contribution in [0.15, 0.2) is 0 Å². The molecule has 3 nitrogen and oxygen atoms in total. The van der Waals surface area contributed by atoms with Crippen LogP contribution in [0.3, 0.4) is 0 Å². The zero-order valence-corrected chi connectivity index (χ0v) is 9.66. The molecule has 0 aromatic carbocycles. The van der Waals surface area contributed by atoms with Crippen molar-refractivity contribution in [2.75, 3.05) is 33.4 Å². The van der Waals surface area contributed by atoms with Gasteiger partial charge in [0, 0.05) is 26.3 Å². The molecule has 1 saturated carbocycles. The average molecular weight is 201 g/mol. The molecule has 0 amide bonds. The third-order valence-corrected chi connectivity index (χ3v) is 2.98. The number of rotatable bonds is 7.